The van der Waals surface area contributed by atoms with E-state index in [1.54, 1.807) is 0 Å². The van der Waals surface area contributed by atoms with Crippen molar-refractivity contribution in [2.45, 2.75) is 32.4 Å². The number of rotatable bonds is 7. The van der Waals surface area contributed by atoms with Crippen molar-refractivity contribution in [3.05, 3.63) is 0 Å². The molecule has 0 aromatic carbocycles. The largest absolute Gasteiger partial charge is 0.481 e. The predicted molar refractivity (Wildman–Crippen MR) is 52.8 cm³/mol. The molecule has 9 heteroatoms. The second-order valence-electron chi connectivity index (χ2n) is 3.99. The first kappa shape index (κ1) is 17.6. The number of carbonyl (C=O) groups is 2. The van der Waals surface area contributed by atoms with Gasteiger partial charge < -0.3 is 9.84 Å². The molecule has 19 heavy (non-hydrogen) atoms. The number of hydrogen-bond donors (Lipinski definition) is 1. The van der Waals surface area contributed by atoms with Gasteiger partial charge in [-0.3, -0.25) is 9.59 Å². The molecule has 0 aliphatic rings. The molecule has 112 valence electrons. The molecule has 0 fully saturated rings. The van der Waals surface area contributed by atoms with Crippen LogP contribution < -0.4 is 0 Å². The van der Waals surface area contributed by atoms with Gasteiger partial charge in [-0.2, -0.15) is 8.78 Å². The maximum absolute atomic E-state index is 12.8. The van der Waals surface area contributed by atoms with E-state index in [-0.39, 0.29) is 0 Å². The first-order valence-corrected chi connectivity index (χ1v) is 5.21. The van der Waals surface area contributed by atoms with Crippen LogP contribution in [0.25, 0.3) is 0 Å². The van der Waals surface area contributed by atoms with Gasteiger partial charge in [-0.1, -0.05) is 13.8 Å². The van der Waals surface area contributed by atoms with Crippen molar-refractivity contribution < 1.29 is 41.4 Å². The predicted octanol–water partition coefficient (Wildman–Crippen LogP) is 2.12. The van der Waals surface area contributed by atoms with Gasteiger partial charge >= 0.3 is 24.3 Å². The highest BCUT2D eigenvalue weighted by Crippen LogP contribution is 2.29. The van der Waals surface area contributed by atoms with Gasteiger partial charge in [-0.05, 0) is 0 Å². The molecule has 0 heterocycles. The third-order valence-electron chi connectivity index (χ3n) is 2.59. The van der Waals surface area contributed by atoms with Crippen molar-refractivity contribution in [1.29, 1.82) is 0 Å². The van der Waals surface area contributed by atoms with Crippen LogP contribution in [0.1, 0.15) is 13.8 Å². The van der Waals surface area contributed by atoms with Gasteiger partial charge in [-0.15, -0.1) is 0 Å². The zero-order valence-corrected chi connectivity index (χ0v) is 10.1. The van der Waals surface area contributed by atoms with E-state index in [0.29, 0.717) is 0 Å². The summed E-state index contributed by atoms with van der Waals surface area (Å²) in [5.41, 5.74) is 0. The molecule has 0 bridgehead atoms. The number of carbonyl (C=O) groups excluding carboxylic acids is 1. The van der Waals surface area contributed by atoms with E-state index in [0.717, 1.165) is 13.8 Å². The summed E-state index contributed by atoms with van der Waals surface area (Å²) in [4.78, 5) is 21.7. The second-order valence-corrected chi connectivity index (χ2v) is 3.99. The lowest BCUT2D eigenvalue weighted by atomic mass is 9.96. The van der Waals surface area contributed by atoms with E-state index in [9.17, 15) is 31.5 Å². The van der Waals surface area contributed by atoms with E-state index in [2.05, 4.69) is 4.74 Å². The molecule has 4 nitrogen and oxygen atoms in total. The van der Waals surface area contributed by atoms with Gasteiger partial charge in [0, 0.05) is 0 Å². The number of alkyl halides is 5. The van der Waals surface area contributed by atoms with Gasteiger partial charge in [0.25, 0.3) is 0 Å². The molecule has 0 aliphatic heterocycles. The summed E-state index contributed by atoms with van der Waals surface area (Å²) in [6.07, 6.45) is -7.58. The molecule has 0 saturated carbocycles. The van der Waals surface area contributed by atoms with Crippen LogP contribution in [0.4, 0.5) is 22.0 Å². The van der Waals surface area contributed by atoms with Crippen molar-refractivity contribution in [2.24, 2.45) is 11.8 Å². The lowest BCUT2D eigenvalue weighted by molar-refractivity contribution is -0.188. The number of halogens is 5. The summed E-state index contributed by atoms with van der Waals surface area (Å²) in [5.74, 6) is -9.91. The van der Waals surface area contributed by atoms with Crippen LogP contribution in [0, 0.1) is 11.8 Å². The molecule has 3 atom stereocenters. The fourth-order valence-electron chi connectivity index (χ4n) is 0.953. The van der Waals surface area contributed by atoms with E-state index in [1.165, 1.54) is 0 Å². The molecule has 1 N–H and O–H groups in total. The fraction of sp³-hybridized carbons (Fsp3) is 0.800. The van der Waals surface area contributed by atoms with Crippen molar-refractivity contribution >= 4 is 11.9 Å². The number of ether oxygens (including phenoxy) is 1. The highest BCUT2D eigenvalue weighted by molar-refractivity contribution is 5.80. The SMILES string of the molecule is CC(C(=O)O)C(C)C(=O)OCC(F)C(F)(F)C(F)F. The minimum Gasteiger partial charge on any atom is -0.481 e. The smallest absolute Gasteiger partial charge is 0.341 e. The summed E-state index contributed by atoms with van der Waals surface area (Å²) < 4.78 is 65.4. The highest BCUT2D eigenvalue weighted by atomic mass is 19.3. The fourth-order valence-corrected chi connectivity index (χ4v) is 0.953. The average Bonchev–Trinajstić information content (AvgIpc) is 2.32. The third kappa shape index (κ3) is 4.64. The maximum atomic E-state index is 12.8. The molecule has 0 aromatic heterocycles. The summed E-state index contributed by atoms with van der Waals surface area (Å²) in [6.45, 7) is 0.738. The standard InChI is InChI=1S/C10H13F5O4/c1-4(7(16)17)5(2)8(18)19-3-6(11)10(14,15)9(12)13/h4-6,9H,3H2,1-2H3,(H,16,17). The van der Waals surface area contributed by atoms with Gasteiger partial charge in [-0.25, -0.2) is 13.2 Å². The van der Waals surface area contributed by atoms with Crippen molar-refractivity contribution in [3.8, 4) is 0 Å². The number of esters is 1. The molecular formula is C10H13F5O4. The van der Waals surface area contributed by atoms with Crippen molar-refractivity contribution in [3.63, 3.8) is 0 Å². The van der Waals surface area contributed by atoms with Crippen LogP contribution in [0.5, 0.6) is 0 Å². The van der Waals surface area contributed by atoms with E-state index >= 15 is 0 Å². The van der Waals surface area contributed by atoms with E-state index in [1.807, 2.05) is 0 Å². The van der Waals surface area contributed by atoms with Crippen LogP contribution in [0.3, 0.4) is 0 Å². The van der Waals surface area contributed by atoms with Gasteiger partial charge in [0.2, 0.25) is 6.17 Å². The Balaban J connectivity index is 4.42. The molecule has 0 aromatic rings. The van der Waals surface area contributed by atoms with E-state index < -0.39 is 48.9 Å². The summed E-state index contributed by atoms with van der Waals surface area (Å²) in [6, 6.07) is 0. The summed E-state index contributed by atoms with van der Waals surface area (Å²) in [7, 11) is 0. The summed E-state index contributed by atoms with van der Waals surface area (Å²) >= 11 is 0. The van der Waals surface area contributed by atoms with Crippen LogP contribution in [0.15, 0.2) is 0 Å². The normalized spacial score (nSPS) is 16.8. The Labute approximate surface area is 105 Å². The van der Waals surface area contributed by atoms with Crippen LogP contribution >= 0.6 is 0 Å². The zero-order valence-electron chi connectivity index (χ0n) is 10.1. The zero-order chi connectivity index (χ0) is 15.4. The average molecular weight is 292 g/mol. The molecule has 0 amide bonds. The maximum Gasteiger partial charge on any atom is 0.341 e. The number of hydrogen-bond acceptors (Lipinski definition) is 3. The number of carboxylic acids is 1. The molecule has 0 rings (SSSR count). The topological polar surface area (TPSA) is 63.6 Å². The quantitative estimate of drug-likeness (QED) is 0.576. The molecule has 0 aliphatic carbocycles. The highest BCUT2D eigenvalue weighted by Gasteiger charge is 2.50. The Bertz CT molecular complexity index is 334. The molecule has 0 radical (unpaired) electrons. The van der Waals surface area contributed by atoms with Crippen LogP contribution in [-0.4, -0.2) is 42.2 Å². The molecular weight excluding hydrogens is 279 g/mol. The second kappa shape index (κ2) is 6.67. The Morgan fingerprint density at radius 3 is 2.00 bits per heavy atom. The lowest BCUT2D eigenvalue weighted by Gasteiger charge is -2.21. The Morgan fingerprint density at radius 1 is 1.16 bits per heavy atom. The Morgan fingerprint density at radius 2 is 1.63 bits per heavy atom. The first-order valence-electron chi connectivity index (χ1n) is 5.21. The minimum atomic E-state index is -4.93. The number of aliphatic carboxylic acids is 1. The Hall–Kier alpha value is -1.41. The van der Waals surface area contributed by atoms with Crippen LogP contribution in [0.2, 0.25) is 0 Å². The lowest BCUT2D eigenvalue weighted by Crippen LogP contribution is -2.41. The minimum absolute atomic E-state index is 1.14. The van der Waals surface area contributed by atoms with Gasteiger partial charge in [0.15, 0.2) is 0 Å². The molecule has 0 saturated heterocycles. The summed E-state index contributed by atoms with van der Waals surface area (Å²) in [5, 5.41) is 8.58. The first-order chi connectivity index (χ1) is 8.51. The monoisotopic (exact) mass is 292 g/mol. The Kier molecular flexibility index (Phi) is 6.17. The van der Waals surface area contributed by atoms with Crippen molar-refractivity contribution in [2.75, 3.05) is 6.61 Å². The van der Waals surface area contributed by atoms with Gasteiger partial charge in [0.05, 0.1) is 11.8 Å². The van der Waals surface area contributed by atoms with E-state index in [4.69, 9.17) is 5.11 Å². The number of carboxylic acid groups (broad SMARTS) is 1. The van der Waals surface area contributed by atoms with Gasteiger partial charge in [0.1, 0.15) is 6.61 Å². The van der Waals surface area contributed by atoms with Crippen molar-refractivity contribution in [1.82, 2.24) is 0 Å². The third-order valence-corrected chi connectivity index (χ3v) is 2.59. The molecule has 0 spiro atoms. The van der Waals surface area contributed by atoms with Crippen LogP contribution in [-0.2, 0) is 14.3 Å². The molecule has 3 unspecified atom stereocenters.